The highest BCUT2D eigenvalue weighted by atomic mass is 28.4. The molecule has 0 radical (unpaired) electrons. The third kappa shape index (κ3) is 7.87. The summed E-state index contributed by atoms with van der Waals surface area (Å²) in [5, 5.41) is 0.0220. The van der Waals surface area contributed by atoms with E-state index >= 15 is 0 Å². The molecule has 0 aliphatic heterocycles. The van der Waals surface area contributed by atoms with Gasteiger partial charge in [-0.1, -0.05) is 68.2 Å². The van der Waals surface area contributed by atoms with Gasteiger partial charge in [0.15, 0.2) is 8.32 Å². The highest BCUT2D eigenvalue weighted by Crippen LogP contribution is 2.42. The lowest BCUT2D eigenvalue weighted by atomic mass is 9.85. The first-order valence-electron chi connectivity index (χ1n) is 13.1. The van der Waals surface area contributed by atoms with Gasteiger partial charge in [0.2, 0.25) is 0 Å². The first-order chi connectivity index (χ1) is 16.0. The number of methoxy groups -OCH3 is 2. The zero-order valence-electron chi connectivity index (χ0n) is 26.3. The lowest BCUT2D eigenvalue weighted by Gasteiger charge is -2.42. The van der Waals surface area contributed by atoms with Crippen molar-refractivity contribution < 1.29 is 23.4 Å². The van der Waals surface area contributed by atoms with Gasteiger partial charge in [-0.3, -0.25) is 0 Å². The Morgan fingerprint density at radius 2 is 1.19 bits per heavy atom. The second-order valence-corrected chi connectivity index (χ2v) is 23.5. The predicted octanol–water partition coefficient (Wildman–Crippen LogP) is 7.96. The van der Waals surface area contributed by atoms with E-state index in [9.17, 15) is 4.79 Å². The second kappa shape index (κ2) is 12.1. The predicted molar refractivity (Wildman–Crippen MR) is 156 cm³/mol. The Kier molecular flexibility index (Phi) is 11.7. The van der Waals surface area contributed by atoms with E-state index in [1.807, 2.05) is 27.7 Å². The first kappa shape index (κ1) is 34.7. The number of carbonyl (C=O) groups is 1. The quantitative estimate of drug-likeness (QED) is 0.178. The largest absolute Gasteiger partial charge is 0.510 e. The molecule has 0 aromatic rings. The van der Waals surface area contributed by atoms with E-state index in [0.717, 1.165) is 0 Å². The van der Waals surface area contributed by atoms with Crippen molar-refractivity contribution in [1.82, 2.24) is 0 Å². The summed E-state index contributed by atoms with van der Waals surface area (Å²) in [5.74, 6) is 9.91. The lowest BCUT2D eigenvalue weighted by molar-refractivity contribution is -0.104. The average molecular weight is 539 g/mol. The van der Waals surface area contributed by atoms with Gasteiger partial charge in [-0.15, -0.1) is 5.54 Å². The SMILES string of the molecule is COC(=O)OC(C#CC(C)(C)O[Si](C)(C)C(C)(C)C)(C#C[Si](C(C)C)(C(C)C)C(C)C)C(C)(C)OC. The molecular weight excluding hydrogens is 484 g/mol. The molecule has 0 amide bonds. The number of carbonyl (C=O) groups excluding carboxylic acids is 1. The maximum Gasteiger partial charge on any atom is 0.510 e. The molecule has 36 heavy (non-hydrogen) atoms. The van der Waals surface area contributed by atoms with Crippen LogP contribution in [0.15, 0.2) is 0 Å². The van der Waals surface area contributed by atoms with Crippen molar-refractivity contribution in [2.75, 3.05) is 14.2 Å². The Labute approximate surface area is 224 Å². The number of hydrogen-bond acceptors (Lipinski definition) is 5. The molecule has 0 aliphatic carbocycles. The lowest BCUT2D eigenvalue weighted by Crippen LogP contribution is -2.54. The molecule has 0 spiro atoms. The van der Waals surface area contributed by atoms with Crippen molar-refractivity contribution in [3.8, 4) is 23.3 Å². The molecule has 0 aromatic carbocycles. The van der Waals surface area contributed by atoms with Crippen LogP contribution in [0.3, 0.4) is 0 Å². The van der Waals surface area contributed by atoms with Gasteiger partial charge in [0.05, 0.1) is 7.11 Å². The van der Waals surface area contributed by atoms with E-state index < -0.39 is 39.3 Å². The summed E-state index contributed by atoms with van der Waals surface area (Å²) in [4.78, 5) is 12.6. The summed E-state index contributed by atoms with van der Waals surface area (Å²) >= 11 is 0. The van der Waals surface area contributed by atoms with Crippen LogP contribution in [0.2, 0.25) is 34.8 Å². The molecule has 1 atom stereocenters. The number of rotatable bonds is 8. The van der Waals surface area contributed by atoms with Gasteiger partial charge < -0.3 is 18.6 Å². The van der Waals surface area contributed by atoms with Crippen LogP contribution >= 0.6 is 0 Å². The standard InChI is InChI=1S/C29H54O5Si2/c1-22(2)36(23(3)4,24(5)6)21-20-29(28(12,13)32-15,33-25(30)31-14)19-18-27(10,11)34-35(16,17)26(7,8)9/h22-24H,1-17H3. The van der Waals surface area contributed by atoms with Crippen LogP contribution in [0.4, 0.5) is 4.79 Å². The van der Waals surface area contributed by atoms with Crippen molar-refractivity contribution in [3.63, 3.8) is 0 Å². The summed E-state index contributed by atoms with van der Waals surface area (Å²) in [5.41, 5.74) is 1.51. The minimum Gasteiger partial charge on any atom is -0.438 e. The Morgan fingerprint density at radius 3 is 1.53 bits per heavy atom. The van der Waals surface area contributed by atoms with Gasteiger partial charge in [0.1, 0.15) is 19.3 Å². The van der Waals surface area contributed by atoms with Crippen LogP contribution in [0.25, 0.3) is 0 Å². The Bertz CT molecular complexity index is 852. The summed E-state index contributed by atoms with van der Waals surface area (Å²) in [7, 11) is -1.42. The van der Waals surface area contributed by atoms with Gasteiger partial charge >= 0.3 is 6.16 Å². The van der Waals surface area contributed by atoms with Crippen molar-refractivity contribution in [2.24, 2.45) is 0 Å². The third-order valence-corrected chi connectivity index (χ3v) is 18.9. The minimum absolute atomic E-state index is 0.0220. The van der Waals surface area contributed by atoms with E-state index in [-0.39, 0.29) is 5.04 Å². The summed E-state index contributed by atoms with van der Waals surface area (Å²) in [6.07, 6.45) is -0.849. The fraction of sp³-hybridized carbons (Fsp3) is 0.828. The molecule has 0 bridgehead atoms. The zero-order chi connectivity index (χ0) is 29.0. The normalized spacial score (nSPS) is 15.1. The van der Waals surface area contributed by atoms with Crippen LogP contribution in [0.1, 0.15) is 90.0 Å². The van der Waals surface area contributed by atoms with Gasteiger partial charge in [0, 0.05) is 7.11 Å². The fourth-order valence-corrected chi connectivity index (χ4v) is 11.4. The molecule has 0 fully saturated rings. The molecule has 7 heteroatoms. The van der Waals surface area contributed by atoms with Crippen LogP contribution in [-0.4, -0.2) is 53.6 Å². The summed E-state index contributed by atoms with van der Waals surface area (Å²) in [6.45, 7) is 32.0. The number of hydrogen-bond donors (Lipinski definition) is 0. The van der Waals surface area contributed by atoms with Crippen molar-refractivity contribution in [3.05, 3.63) is 0 Å². The monoisotopic (exact) mass is 538 g/mol. The van der Waals surface area contributed by atoms with Gasteiger partial charge in [-0.2, -0.15) is 0 Å². The molecule has 0 heterocycles. The van der Waals surface area contributed by atoms with Crippen molar-refractivity contribution in [2.45, 2.75) is 142 Å². The zero-order valence-corrected chi connectivity index (χ0v) is 28.3. The topological polar surface area (TPSA) is 54.0 Å². The van der Waals surface area contributed by atoms with Gasteiger partial charge in [0.25, 0.3) is 5.60 Å². The maximum atomic E-state index is 12.6. The van der Waals surface area contributed by atoms with Crippen LogP contribution < -0.4 is 0 Å². The molecule has 0 rings (SSSR count). The molecule has 0 saturated heterocycles. The Morgan fingerprint density at radius 1 is 0.750 bits per heavy atom. The summed E-state index contributed by atoms with van der Waals surface area (Å²) < 4.78 is 23.3. The average Bonchev–Trinajstić information content (AvgIpc) is 2.69. The van der Waals surface area contributed by atoms with Crippen LogP contribution in [-0.2, 0) is 18.6 Å². The molecular formula is C29H54O5Si2. The molecule has 208 valence electrons. The van der Waals surface area contributed by atoms with Gasteiger partial charge in [-0.25, -0.2) is 4.79 Å². The third-order valence-electron chi connectivity index (χ3n) is 7.94. The van der Waals surface area contributed by atoms with E-state index in [1.165, 1.54) is 7.11 Å². The van der Waals surface area contributed by atoms with Gasteiger partial charge in [-0.05, 0) is 74.3 Å². The molecule has 0 aliphatic rings. The highest BCUT2D eigenvalue weighted by molar-refractivity contribution is 6.90. The molecule has 0 saturated carbocycles. The second-order valence-electron chi connectivity index (χ2n) is 13.2. The van der Waals surface area contributed by atoms with E-state index in [4.69, 9.17) is 18.6 Å². The smallest absolute Gasteiger partial charge is 0.438 e. The maximum absolute atomic E-state index is 12.6. The van der Waals surface area contributed by atoms with Crippen LogP contribution in [0, 0.1) is 23.3 Å². The summed E-state index contributed by atoms with van der Waals surface area (Å²) in [6, 6.07) is 0. The van der Waals surface area contributed by atoms with E-state index in [1.54, 1.807) is 7.11 Å². The number of ether oxygens (including phenoxy) is 3. The molecule has 0 aromatic heterocycles. The molecule has 5 nitrogen and oxygen atoms in total. The van der Waals surface area contributed by atoms with Crippen molar-refractivity contribution >= 4 is 22.5 Å². The molecule has 0 N–H and O–H groups in total. The Balaban J connectivity index is 7.30. The fourth-order valence-electron chi connectivity index (χ4n) is 4.50. The first-order valence-corrected chi connectivity index (χ1v) is 18.2. The van der Waals surface area contributed by atoms with E-state index in [0.29, 0.717) is 16.6 Å². The Hall–Kier alpha value is -1.26. The molecule has 1 unspecified atom stereocenters. The van der Waals surface area contributed by atoms with Crippen molar-refractivity contribution in [1.29, 1.82) is 0 Å². The minimum atomic E-state index is -2.17. The van der Waals surface area contributed by atoms with E-state index in [2.05, 4.69) is 98.7 Å². The highest BCUT2D eigenvalue weighted by Gasteiger charge is 2.50. The van der Waals surface area contributed by atoms with Crippen LogP contribution in [0.5, 0.6) is 0 Å².